The fourth-order valence-corrected chi connectivity index (χ4v) is 3.09. The first-order valence-corrected chi connectivity index (χ1v) is 8.17. The molecule has 2 atom stereocenters. The molecule has 0 bridgehead atoms. The summed E-state index contributed by atoms with van der Waals surface area (Å²) < 4.78 is 0. The smallest absolute Gasteiger partial charge is 0.0112 e. The maximum absolute atomic E-state index is 2.75. The third-order valence-electron chi connectivity index (χ3n) is 4.50. The molecule has 2 unspecified atom stereocenters. The van der Waals surface area contributed by atoms with Crippen molar-refractivity contribution in [3.8, 4) is 0 Å². The Balaban J connectivity index is 2.39. The van der Waals surface area contributed by atoms with Crippen LogP contribution in [0.3, 0.4) is 0 Å². The van der Waals surface area contributed by atoms with E-state index < -0.39 is 0 Å². The molecule has 0 spiro atoms. The molecule has 0 aromatic heterocycles. The van der Waals surface area contributed by atoms with E-state index >= 15 is 0 Å². The lowest BCUT2D eigenvalue weighted by Gasteiger charge is -2.30. The van der Waals surface area contributed by atoms with Crippen LogP contribution in [0.25, 0.3) is 0 Å². The summed E-state index contributed by atoms with van der Waals surface area (Å²) in [5.74, 6) is 0.856. The monoisotopic (exact) mass is 254 g/mol. The van der Waals surface area contributed by atoms with E-state index in [0.717, 1.165) is 12.0 Å². The topological polar surface area (TPSA) is 6.48 Å². The highest BCUT2D eigenvalue weighted by Gasteiger charge is 2.20. The van der Waals surface area contributed by atoms with Gasteiger partial charge < -0.3 is 4.90 Å². The van der Waals surface area contributed by atoms with E-state index in [2.05, 4.69) is 37.5 Å². The summed E-state index contributed by atoms with van der Waals surface area (Å²) in [4.78, 5) is 5.44. The van der Waals surface area contributed by atoms with Gasteiger partial charge in [-0.1, -0.05) is 40.5 Å². The van der Waals surface area contributed by atoms with Crippen LogP contribution in [0.15, 0.2) is 0 Å². The van der Waals surface area contributed by atoms with E-state index in [0.29, 0.717) is 0 Å². The Morgan fingerprint density at radius 2 is 1.72 bits per heavy atom. The molecular formula is C16H34N2. The second-order valence-electron chi connectivity index (χ2n) is 6.05. The SMILES string of the molecule is CCCC(CC)N1CCCN(CC(C)CC)CC1. The third kappa shape index (κ3) is 5.27. The largest absolute Gasteiger partial charge is 0.302 e. The average Bonchev–Trinajstić information content (AvgIpc) is 2.61. The van der Waals surface area contributed by atoms with Gasteiger partial charge in [-0.25, -0.2) is 0 Å². The van der Waals surface area contributed by atoms with Gasteiger partial charge in [0.05, 0.1) is 0 Å². The van der Waals surface area contributed by atoms with Crippen molar-refractivity contribution in [2.24, 2.45) is 5.92 Å². The van der Waals surface area contributed by atoms with E-state index in [9.17, 15) is 0 Å². The predicted molar refractivity (Wildman–Crippen MR) is 81.1 cm³/mol. The summed E-state index contributed by atoms with van der Waals surface area (Å²) in [5.41, 5.74) is 0. The second-order valence-corrected chi connectivity index (χ2v) is 6.05. The third-order valence-corrected chi connectivity index (χ3v) is 4.50. The summed E-state index contributed by atoms with van der Waals surface area (Å²) in [5, 5.41) is 0. The van der Waals surface area contributed by atoms with Crippen LogP contribution in [-0.4, -0.2) is 48.6 Å². The molecule has 0 saturated carbocycles. The molecule has 1 rings (SSSR count). The van der Waals surface area contributed by atoms with Gasteiger partial charge in [-0.2, -0.15) is 0 Å². The van der Waals surface area contributed by atoms with E-state index in [4.69, 9.17) is 0 Å². The molecule has 0 radical (unpaired) electrons. The zero-order valence-electron chi connectivity index (χ0n) is 13.1. The van der Waals surface area contributed by atoms with Gasteiger partial charge in [0.2, 0.25) is 0 Å². The number of hydrogen-bond donors (Lipinski definition) is 0. The molecule has 1 heterocycles. The molecule has 18 heavy (non-hydrogen) atoms. The highest BCUT2D eigenvalue weighted by molar-refractivity contribution is 4.76. The molecule has 1 fully saturated rings. The predicted octanol–water partition coefficient (Wildman–Crippen LogP) is 3.62. The number of rotatable bonds is 7. The summed E-state index contributed by atoms with van der Waals surface area (Å²) in [7, 11) is 0. The lowest BCUT2D eigenvalue weighted by Crippen LogP contribution is -2.38. The Kier molecular flexibility index (Phi) is 7.92. The molecule has 1 aliphatic heterocycles. The molecule has 108 valence electrons. The zero-order valence-corrected chi connectivity index (χ0v) is 13.1. The molecule has 0 aliphatic carbocycles. The van der Waals surface area contributed by atoms with Crippen LogP contribution in [0.1, 0.15) is 59.8 Å². The first-order valence-electron chi connectivity index (χ1n) is 8.17. The maximum Gasteiger partial charge on any atom is 0.0112 e. The van der Waals surface area contributed by atoms with Crippen LogP contribution in [-0.2, 0) is 0 Å². The van der Waals surface area contributed by atoms with E-state index in [-0.39, 0.29) is 0 Å². The first-order chi connectivity index (χ1) is 8.71. The zero-order chi connectivity index (χ0) is 13.4. The van der Waals surface area contributed by atoms with Crippen LogP contribution < -0.4 is 0 Å². The minimum absolute atomic E-state index is 0.832. The van der Waals surface area contributed by atoms with Crippen LogP contribution in [0.5, 0.6) is 0 Å². The highest BCUT2D eigenvalue weighted by Crippen LogP contribution is 2.15. The van der Waals surface area contributed by atoms with Gasteiger partial charge in [0.1, 0.15) is 0 Å². The standard InChI is InChI=1S/C16H34N2/c1-5-9-16(7-3)18-11-8-10-17(12-13-18)14-15(4)6-2/h15-16H,5-14H2,1-4H3. The molecule has 2 nitrogen and oxygen atoms in total. The summed E-state index contributed by atoms with van der Waals surface area (Å²) in [6.45, 7) is 15.9. The number of hydrogen-bond acceptors (Lipinski definition) is 2. The van der Waals surface area contributed by atoms with Crippen molar-refractivity contribution in [1.29, 1.82) is 0 Å². The molecule has 1 saturated heterocycles. The van der Waals surface area contributed by atoms with Crippen molar-refractivity contribution >= 4 is 0 Å². The van der Waals surface area contributed by atoms with Crippen molar-refractivity contribution < 1.29 is 0 Å². The lowest BCUT2D eigenvalue weighted by molar-refractivity contribution is 0.178. The summed E-state index contributed by atoms with van der Waals surface area (Å²) in [6.07, 6.45) is 6.69. The fraction of sp³-hybridized carbons (Fsp3) is 1.00. The van der Waals surface area contributed by atoms with Crippen LogP contribution in [0.4, 0.5) is 0 Å². The Labute approximate surface area is 115 Å². The van der Waals surface area contributed by atoms with Crippen molar-refractivity contribution in [2.75, 3.05) is 32.7 Å². The highest BCUT2D eigenvalue weighted by atomic mass is 15.2. The van der Waals surface area contributed by atoms with Gasteiger partial charge in [0, 0.05) is 25.7 Å². The normalized spacial score (nSPS) is 22.7. The second kappa shape index (κ2) is 8.92. The van der Waals surface area contributed by atoms with E-state index in [1.807, 2.05) is 0 Å². The van der Waals surface area contributed by atoms with Crippen LogP contribution in [0.2, 0.25) is 0 Å². The van der Waals surface area contributed by atoms with Crippen molar-refractivity contribution in [1.82, 2.24) is 9.80 Å². The van der Waals surface area contributed by atoms with Gasteiger partial charge in [0.15, 0.2) is 0 Å². The Bertz CT molecular complexity index is 205. The fourth-order valence-electron chi connectivity index (χ4n) is 3.09. The quantitative estimate of drug-likeness (QED) is 0.684. The van der Waals surface area contributed by atoms with Gasteiger partial charge in [-0.3, -0.25) is 4.90 Å². The Morgan fingerprint density at radius 3 is 2.33 bits per heavy atom. The Hall–Kier alpha value is -0.0800. The summed E-state index contributed by atoms with van der Waals surface area (Å²) in [6, 6.07) is 0.832. The molecule has 0 aromatic carbocycles. The van der Waals surface area contributed by atoms with Gasteiger partial charge >= 0.3 is 0 Å². The molecule has 0 amide bonds. The number of nitrogens with zero attached hydrogens (tertiary/aromatic N) is 2. The van der Waals surface area contributed by atoms with E-state index in [1.165, 1.54) is 64.8 Å². The molecular weight excluding hydrogens is 220 g/mol. The Morgan fingerprint density at radius 1 is 0.944 bits per heavy atom. The molecule has 1 aliphatic rings. The van der Waals surface area contributed by atoms with Crippen molar-refractivity contribution in [3.63, 3.8) is 0 Å². The van der Waals surface area contributed by atoms with Gasteiger partial charge in [0.25, 0.3) is 0 Å². The average molecular weight is 254 g/mol. The van der Waals surface area contributed by atoms with E-state index in [1.54, 1.807) is 0 Å². The molecule has 2 heteroatoms. The lowest BCUT2D eigenvalue weighted by atomic mass is 10.1. The first kappa shape index (κ1) is 16.0. The minimum atomic E-state index is 0.832. The summed E-state index contributed by atoms with van der Waals surface area (Å²) >= 11 is 0. The van der Waals surface area contributed by atoms with Crippen LogP contribution in [0, 0.1) is 5.92 Å². The minimum Gasteiger partial charge on any atom is -0.302 e. The molecule has 0 N–H and O–H groups in total. The maximum atomic E-state index is 2.75. The van der Waals surface area contributed by atoms with Crippen molar-refractivity contribution in [3.05, 3.63) is 0 Å². The van der Waals surface area contributed by atoms with Crippen molar-refractivity contribution in [2.45, 2.75) is 65.8 Å². The van der Waals surface area contributed by atoms with Crippen LogP contribution >= 0.6 is 0 Å². The van der Waals surface area contributed by atoms with Gasteiger partial charge in [-0.15, -0.1) is 0 Å². The molecule has 0 aromatic rings. The van der Waals surface area contributed by atoms with Gasteiger partial charge in [-0.05, 0) is 38.3 Å².